The van der Waals surface area contributed by atoms with Gasteiger partial charge < -0.3 is 14.2 Å². The molecule has 2 saturated heterocycles. The summed E-state index contributed by atoms with van der Waals surface area (Å²) < 4.78 is 18.7. The summed E-state index contributed by atoms with van der Waals surface area (Å²) in [5, 5.41) is 0. The summed E-state index contributed by atoms with van der Waals surface area (Å²) in [6.07, 6.45) is 1.94. The highest BCUT2D eigenvalue weighted by atomic mass is 16.6. The van der Waals surface area contributed by atoms with E-state index in [4.69, 9.17) is 14.2 Å². The molecule has 2 heterocycles. The van der Waals surface area contributed by atoms with E-state index in [0.717, 1.165) is 26.1 Å². The third-order valence-corrected chi connectivity index (χ3v) is 5.65. The van der Waals surface area contributed by atoms with Gasteiger partial charge in [0.15, 0.2) is 0 Å². The quantitative estimate of drug-likeness (QED) is 0.669. The molecular weight excluding hydrogens is 312 g/mol. The predicted molar refractivity (Wildman–Crippen MR) is 97.4 cm³/mol. The maximum atomic E-state index is 7.09. The first-order chi connectivity index (χ1) is 12.2. The van der Waals surface area contributed by atoms with Crippen LogP contribution in [0.4, 0.5) is 0 Å². The van der Waals surface area contributed by atoms with Crippen molar-refractivity contribution in [1.29, 1.82) is 0 Å². The van der Waals surface area contributed by atoms with Crippen molar-refractivity contribution in [2.45, 2.75) is 50.1 Å². The molecular formula is C22H26O3. The number of hydrogen-bond donors (Lipinski definition) is 0. The fraction of sp³-hybridized carbons (Fsp3) is 0.455. The maximum Gasteiger partial charge on any atom is 0.122 e. The highest BCUT2D eigenvalue weighted by Gasteiger charge is 2.57. The van der Waals surface area contributed by atoms with E-state index in [0.29, 0.717) is 0 Å². The molecule has 3 heteroatoms. The Kier molecular flexibility index (Phi) is 4.40. The molecule has 2 aliphatic heterocycles. The number of ether oxygens (including phenoxy) is 3. The normalized spacial score (nSPS) is 26.5. The minimum atomic E-state index is -0.445. The van der Waals surface area contributed by atoms with Crippen molar-refractivity contribution in [3.8, 4) is 0 Å². The number of epoxide rings is 2. The van der Waals surface area contributed by atoms with Crippen LogP contribution in [-0.2, 0) is 25.4 Å². The lowest BCUT2D eigenvalue weighted by molar-refractivity contribution is -0.192. The third-order valence-electron chi connectivity index (χ3n) is 5.65. The molecule has 4 rings (SSSR count). The van der Waals surface area contributed by atoms with E-state index >= 15 is 0 Å². The molecule has 2 fully saturated rings. The van der Waals surface area contributed by atoms with Gasteiger partial charge in [0.2, 0.25) is 0 Å². The second-order valence-electron chi connectivity index (χ2n) is 6.96. The van der Waals surface area contributed by atoms with Crippen molar-refractivity contribution in [3.05, 3.63) is 71.8 Å². The summed E-state index contributed by atoms with van der Waals surface area (Å²) in [6.45, 7) is 5.88. The van der Waals surface area contributed by atoms with Crippen LogP contribution >= 0.6 is 0 Å². The lowest BCUT2D eigenvalue weighted by Gasteiger charge is -2.43. The molecule has 0 spiro atoms. The third kappa shape index (κ3) is 2.91. The zero-order valence-corrected chi connectivity index (χ0v) is 15.0. The fourth-order valence-corrected chi connectivity index (χ4v) is 4.03. The van der Waals surface area contributed by atoms with Crippen molar-refractivity contribution in [2.75, 3.05) is 13.2 Å². The second kappa shape index (κ2) is 6.56. The van der Waals surface area contributed by atoms with E-state index in [2.05, 4.69) is 62.4 Å². The first-order valence-electron chi connectivity index (χ1n) is 9.29. The summed E-state index contributed by atoms with van der Waals surface area (Å²) in [5.74, 6) is 0. The van der Waals surface area contributed by atoms with E-state index in [1.165, 1.54) is 11.1 Å². The highest BCUT2D eigenvalue weighted by Crippen LogP contribution is 2.50. The van der Waals surface area contributed by atoms with Gasteiger partial charge in [0.05, 0.1) is 13.2 Å². The van der Waals surface area contributed by atoms with Gasteiger partial charge in [0.1, 0.15) is 23.4 Å². The topological polar surface area (TPSA) is 34.3 Å². The number of benzene rings is 2. The van der Waals surface area contributed by atoms with E-state index in [1.807, 2.05) is 12.1 Å². The van der Waals surface area contributed by atoms with Crippen LogP contribution in [0.2, 0.25) is 0 Å². The zero-order chi connectivity index (χ0) is 17.3. The van der Waals surface area contributed by atoms with Gasteiger partial charge in [-0.05, 0) is 24.0 Å². The average Bonchev–Trinajstić information content (AvgIpc) is 3.58. The van der Waals surface area contributed by atoms with Gasteiger partial charge >= 0.3 is 0 Å². The molecule has 0 radical (unpaired) electrons. The zero-order valence-electron chi connectivity index (χ0n) is 15.0. The van der Waals surface area contributed by atoms with E-state index < -0.39 is 11.2 Å². The molecule has 2 aliphatic rings. The lowest BCUT2D eigenvalue weighted by Crippen LogP contribution is -2.47. The monoisotopic (exact) mass is 338 g/mol. The Hall–Kier alpha value is -1.68. The Morgan fingerprint density at radius 3 is 1.40 bits per heavy atom. The van der Waals surface area contributed by atoms with Crippen LogP contribution < -0.4 is 0 Å². The van der Waals surface area contributed by atoms with E-state index in [1.54, 1.807) is 0 Å². The summed E-state index contributed by atoms with van der Waals surface area (Å²) >= 11 is 0. The van der Waals surface area contributed by atoms with Crippen LogP contribution in [0.15, 0.2) is 60.7 Å². The molecule has 0 bridgehead atoms. The Bertz CT molecular complexity index is 632. The van der Waals surface area contributed by atoms with Crippen LogP contribution in [0, 0.1) is 0 Å². The predicted octanol–water partition coefficient (Wildman–Crippen LogP) is 4.41. The summed E-state index contributed by atoms with van der Waals surface area (Å²) in [7, 11) is 0. The smallest absolute Gasteiger partial charge is 0.122 e. The second-order valence-corrected chi connectivity index (χ2v) is 6.96. The molecule has 0 N–H and O–H groups in total. The molecule has 0 amide bonds. The standard InChI is InChI=1S/C22H26O3/c1-3-21(19-15-23-19,17-11-7-5-8-12-17)25-22(4-2,20-16-24-20)18-13-9-6-10-14-18/h5-14,19-20H,3-4,15-16H2,1-2H3. The molecule has 0 aliphatic carbocycles. The van der Waals surface area contributed by atoms with Crippen LogP contribution in [0.3, 0.4) is 0 Å². The summed E-state index contributed by atoms with van der Waals surface area (Å²) in [6, 6.07) is 21.0. The fourth-order valence-electron chi connectivity index (χ4n) is 4.03. The van der Waals surface area contributed by atoms with E-state index in [-0.39, 0.29) is 12.2 Å². The van der Waals surface area contributed by atoms with E-state index in [9.17, 15) is 0 Å². The van der Waals surface area contributed by atoms with Gasteiger partial charge in [0.25, 0.3) is 0 Å². The minimum Gasteiger partial charge on any atom is -0.370 e. The Morgan fingerprint density at radius 1 is 0.760 bits per heavy atom. The number of rotatable bonds is 8. The van der Waals surface area contributed by atoms with Gasteiger partial charge in [-0.2, -0.15) is 0 Å². The molecule has 4 unspecified atom stereocenters. The molecule has 132 valence electrons. The molecule has 0 saturated carbocycles. The first kappa shape index (κ1) is 16.8. The molecule has 3 nitrogen and oxygen atoms in total. The Balaban J connectivity index is 1.79. The summed E-state index contributed by atoms with van der Waals surface area (Å²) in [4.78, 5) is 0. The SMILES string of the molecule is CCC(OC(CC)(c1ccccc1)C1CO1)(c1ccccc1)C1CO1. The van der Waals surface area contributed by atoms with Gasteiger partial charge in [-0.3, -0.25) is 0 Å². The van der Waals surface area contributed by atoms with Gasteiger partial charge in [-0.1, -0.05) is 74.5 Å². The maximum absolute atomic E-state index is 7.09. The number of hydrogen-bond acceptors (Lipinski definition) is 3. The molecule has 0 aromatic heterocycles. The van der Waals surface area contributed by atoms with Gasteiger partial charge in [0, 0.05) is 0 Å². The van der Waals surface area contributed by atoms with Crippen LogP contribution in [0.25, 0.3) is 0 Å². The molecule has 4 atom stereocenters. The van der Waals surface area contributed by atoms with Crippen LogP contribution in [0.5, 0.6) is 0 Å². The minimum absolute atomic E-state index is 0.105. The Morgan fingerprint density at radius 2 is 1.12 bits per heavy atom. The molecule has 25 heavy (non-hydrogen) atoms. The first-order valence-corrected chi connectivity index (χ1v) is 9.29. The van der Waals surface area contributed by atoms with Crippen molar-refractivity contribution >= 4 is 0 Å². The average molecular weight is 338 g/mol. The largest absolute Gasteiger partial charge is 0.370 e. The molecule has 2 aromatic rings. The van der Waals surface area contributed by atoms with Crippen LogP contribution in [0.1, 0.15) is 37.8 Å². The van der Waals surface area contributed by atoms with Crippen molar-refractivity contribution < 1.29 is 14.2 Å². The highest BCUT2D eigenvalue weighted by molar-refractivity contribution is 5.30. The van der Waals surface area contributed by atoms with Gasteiger partial charge in [-0.25, -0.2) is 0 Å². The Labute approximate surface area is 149 Å². The molecule has 2 aromatic carbocycles. The van der Waals surface area contributed by atoms with Crippen LogP contribution in [-0.4, -0.2) is 25.4 Å². The summed E-state index contributed by atoms with van der Waals surface area (Å²) in [5.41, 5.74) is 1.49. The van der Waals surface area contributed by atoms with Crippen molar-refractivity contribution in [1.82, 2.24) is 0 Å². The van der Waals surface area contributed by atoms with Crippen molar-refractivity contribution in [2.24, 2.45) is 0 Å². The lowest BCUT2D eigenvalue weighted by atomic mass is 9.82. The van der Waals surface area contributed by atoms with Crippen molar-refractivity contribution in [3.63, 3.8) is 0 Å². The van der Waals surface area contributed by atoms with Gasteiger partial charge in [-0.15, -0.1) is 0 Å².